The number of carboxylic acids is 1. The van der Waals surface area contributed by atoms with E-state index in [-0.39, 0.29) is 12.1 Å². The van der Waals surface area contributed by atoms with Crippen LogP contribution in [-0.2, 0) is 17.6 Å². The minimum Gasteiger partial charge on any atom is -0.481 e. The van der Waals surface area contributed by atoms with Crippen molar-refractivity contribution in [1.29, 1.82) is 0 Å². The third-order valence-corrected chi connectivity index (χ3v) is 6.65. The second-order valence-corrected chi connectivity index (χ2v) is 8.62. The summed E-state index contributed by atoms with van der Waals surface area (Å²) in [6.45, 7) is 0. The molecule has 1 aliphatic rings. The molecule has 0 aliphatic heterocycles. The van der Waals surface area contributed by atoms with E-state index in [1.807, 2.05) is 11.4 Å². The Morgan fingerprint density at radius 3 is 2.73 bits per heavy atom. The quantitative estimate of drug-likeness (QED) is 0.392. The molecule has 2 atom stereocenters. The van der Waals surface area contributed by atoms with Gasteiger partial charge in [-0.25, -0.2) is 4.98 Å². The Hall–Kier alpha value is -2.68. The number of hydrogen-bond donors (Lipinski definition) is 2. The Morgan fingerprint density at radius 2 is 2.03 bits per heavy atom. The van der Waals surface area contributed by atoms with Gasteiger partial charge >= 0.3 is 5.97 Å². The van der Waals surface area contributed by atoms with E-state index in [0.717, 1.165) is 11.1 Å². The standard InChI is InChI=1S/C20H15Cl2N3O4S/c21-14-5-4-11(6-15(14)22)17-9-30-20(24-17)23-16-7-10-2-1-3-18(25(28)29)12(10)8-13(16)19(26)27/h1-6,9,13,16H,7-8H2,(H,23,24)(H,26,27). The van der Waals surface area contributed by atoms with E-state index in [1.54, 1.807) is 24.3 Å². The zero-order chi connectivity index (χ0) is 21.4. The van der Waals surface area contributed by atoms with Crippen LogP contribution in [0.5, 0.6) is 0 Å². The van der Waals surface area contributed by atoms with Gasteiger partial charge in [0.15, 0.2) is 5.13 Å². The molecule has 0 saturated carbocycles. The lowest BCUT2D eigenvalue weighted by Gasteiger charge is -2.30. The topological polar surface area (TPSA) is 105 Å². The summed E-state index contributed by atoms with van der Waals surface area (Å²) in [4.78, 5) is 27.3. The van der Waals surface area contributed by atoms with Crippen LogP contribution in [0.15, 0.2) is 41.8 Å². The first kappa shape index (κ1) is 20.6. The summed E-state index contributed by atoms with van der Waals surface area (Å²) < 4.78 is 0. The van der Waals surface area contributed by atoms with Gasteiger partial charge in [0.25, 0.3) is 5.69 Å². The van der Waals surface area contributed by atoms with Crippen molar-refractivity contribution in [1.82, 2.24) is 4.98 Å². The molecule has 7 nitrogen and oxygen atoms in total. The highest BCUT2D eigenvalue weighted by Crippen LogP contribution is 2.35. The van der Waals surface area contributed by atoms with Gasteiger partial charge in [-0.05, 0) is 30.5 Å². The zero-order valence-electron chi connectivity index (χ0n) is 15.3. The fraction of sp³-hybridized carbons (Fsp3) is 0.200. The molecule has 0 spiro atoms. The number of carboxylic acid groups (broad SMARTS) is 1. The normalized spacial score (nSPS) is 17.9. The number of rotatable bonds is 5. The van der Waals surface area contributed by atoms with Gasteiger partial charge < -0.3 is 10.4 Å². The van der Waals surface area contributed by atoms with Gasteiger partial charge in [0.1, 0.15) is 0 Å². The number of hydrogen-bond acceptors (Lipinski definition) is 6. The van der Waals surface area contributed by atoms with Crippen molar-refractivity contribution >= 4 is 51.3 Å². The number of aliphatic carboxylic acids is 1. The maximum Gasteiger partial charge on any atom is 0.308 e. The number of nitro benzene ring substituents is 1. The molecule has 2 unspecified atom stereocenters. The Kier molecular flexibility index (Phi) is 5.64. The molecule has 0 bridgehead atoms. The fourth-order valence-corrected chi connectivity index (χ4v) is 4.74. The average molecular weight is 464 g/mol. The lowest BCUT2D eigenvalue weighted by atomic mass is 9.79. The molecule has 1 aromatic heterocycles. The van der Waals surface area contributed by atoms with Gasteiger partial charge in [0.05, 0.1) is 26.6 Å². The van der Waals surface area contributed by atoms with E-state index < -0.39 is 22.9 Å². The molecule has 2 N–H and O–H groups in total. The number of halogens is 2. The SMILES string of the molecule is O=C(O)C1Cc2c(cccc2[N+](=O)[O-])CC1Nc1nc(-c2ccc(Cl)c(Cl)c2)cs1. The van der Waals surface area contributed by atoms with Crippen molar-refractivity contribution in [3.05, 3.63) is 73.1 Å². The molecule has 4 rings (SSSR count). The summed E-state index contributed by atoms with van der Waals surface area (Å²) >= 11 is 13.4. The molecule has 0 fully saturated rings. The number of benzene rings is 2. The molecular weight excluding hydrogens is 449 g/mol. The molecular formula is C20H15Cl2N3O4S. The maximum atomic E-state index is 11.9. The van der Waals surface area contributed by atoms with E-state index in [0.29, 0.717) is 32.9 Å². The number of nitrogens with one attached hydrogen (secondary N) is 1. The molecule has 0 amide bonds. The largest absolute Gasteiger partial charge is 0.481 e. The van der Waals surface area contributed by atoms with Crippen molar-refractivity contribution in [2.75, 3.05) is 5.32 Å². The molecule has 10 heteroatoms. The minimum atomic E-state index is -1.00. The summed E-state index contributed by atoms with van der Waals surface area (Å²) in [7, 11) is 0. The lowest BCUT2D eigenvalue weighted by molar-refractivity contribution is -0.385. The summed E-state index contributed by atoms with van der Waals surface area (Å²) in [6, 6.07) is 9.62. The Bertz CT molecular complexity index is 1150. The predicted octanol–water partition coefficient (Wildman–Crippen LogP) is 5.31. The Labute approximate surface area is 185 Å². The highest BCUT2D eigenvalue weighted by molar-refractivity contribution is 7.14. The molecule has 3 aromatic rings. The number of anilines is 1. The van der Waals surface area contributed by atoms with Crippen LogP contribution in [0, 0.1) is 16.0 Å². The number of carbonyl (C=O) groups is 1. The van der Waals surface area contributed by atoms with Crippen LogP contribution in [0.2, 0.25) is 10.0 Å². The average Bonchev–Trinajstić information content (AvgIpc) is 3.17. The highest BCUT2D eigenvalue weighted by Gasteiger charge is 2.37. The minimum absolute atomic E-state index is 0.0339. The summed E-state index contributed by atoms with van der Waals surface area (Å²) in [6.07, 6.45) is 0.445. The molecule has 2 aromatic carbocycles. The lowest BCUT2D eigenvalue weighted by Crippen LogP contribution is -2.41. The predicted molar refractivity (Wildman–Crippen MR) is 117 cm³/mol. The van der Waals surface area contributed by atoms with Crippen LogP contribution >= 0.6 is 34.5 Å². The monoisotopic (exact) mass is 463 g/mol. The molecule has 1 heterocycles. The van der Waals surface area contributed by atoms with Gasteiger partial charge in [-0.1, -0.05) is 41.4 Å². The number of nitrogens with zero attached hydrogens (tertiary/aromatic N) is 2. The number of nitro groups is 1. The number of fused-ring (bicyclic) bond motifs is 1. The van der Waals surface area contributed by atoms with Gasteiger partial charge in [-0.2, -0.15) is 0 Å². The smallest absolute Gasteiger partial charge is 0.308 e. The first-order valence-corrected chi connectivity index (χ1v) is 10.6. The van der Waals surface area contributed by atoms with Gasteiger partial charge in [-0.3, -0.25) is 14.9 Å². The zero-order valence-corrected chi connectivity index (χ0v) is 17.7. The first-order valence-electron chi connectivity index (χ1n) is 8.99. The van der Waals surface area contributed by atoms with Crippen molar-refractivity contribution in [2.24, 2.45) is 5.92 Å². The number of thiazole rings is 1. The third kappa shape index (κ3) is 3.98. The Morgan fingerprint density at radius 1 is 1.23 bits per heavy atom. The molecule has 0 radical (unpaired) electrons. The van der Waals surface area contributed by atoms with Crippen LogP contribution in [0.4, 0.5) is 10.8 Å². The van der Waals surface area contributed by atoms with Crippen LogP contribution in [0.1, 0.15) is 11.1 Å². The van der Waals surface area contributed by atoms with Crippen molar-refractivity contribution < 1.29 is 14.8 Å². The maximum absolute atomic E-state index is 11.9. The van der Waals surface area contributed by atoms with E-state index in [9.17, 15) is 20.0 Å². The fourth-order valence-electron chi connectivity index (χ4n) is 3.66. The Balaban J connectivity index is 1.60. The van der Waals surface area contributed by atoms with Crippen LogP contribution in [-0.4, -0.2) is 27.0 Å². The van der Waals surface area contributed by atoms with Crippen LogP contribution < -0.4 is 5.32 Å². The van der Waals surface area contributed by atoms with Gasteiger partial charge in [-0.15, -0.1) is 11.3 Å². The highest BCUT2D eigenvalue weighted by atomic mass is 35.5. The van der Waals surface area contributed by atoms with Gasteiger partial charge in [0.2, 0.25) is 0 Å². The second-order valence-electron chi connectivity index (χ2n) is 6.94. The molecule has 30 heavy (non-hydrogen) atoms. The molecule has 0 saturated heterocycles. The molecule has 1 aliphatic carbocycles. The van der Waals surface area contributed by atoms with Crippen LogP contribution in [0.3, 0.4) is 0 Å². The summed E-state index contributed by atoms with van der Waals surface area (Å²) in [5.74, 6) is -1.81. The summed E-state index contributed by atoms with van der Waals surface area (Å²) in [5, 5.41) is 27.6. The second kappa shape index (κ2) is 8.22. The van der Waals surface area contributed by atoms with Gasteiger partial charge in [0, 0.05) is 28.6 Å². The van der Waals surface area contributed by atoms with Crippen molar-refractivity contribution in [3.8, 4) is 11.3 Å². The summed E-state index contributed by atoms with van der Waals surface area (Å²) in [5.41, 5.74) is 2.73. The first-order chi connectivity index (χ1) is 14.3. The van der Waals surface area contributed by atoms with E-state index in [4.69, 9.17) is 23.2 Å². The van der Waals surface area contributed by atoms with E-state index >= 15 is 0 Å². The van der Waals surface area contributed by atoms with Crippen LogP contribution in [0.25, 0.3) is 11.3 Å². The number of aromatic nitrogens is 1. The van der Waals surface area contributed by atoms with Crippen molar-refractivity contribution in [3.63, 3.8) is 0 Å². The molecule has 154 valence electrons. The van der Waals surface area contributed by atoms with E-state index in [2.05, 4.69) is 10.3 Å². The third-order valence-electron chi connectivity index (χ3n) is 5.14. The van der Waals surface area contributed by atoms with E-state index in [1.165, 1.54) is 17.4 Å². The van der Waals surface area contributed by atoms with Crippen molar-refractivity contribution in [2.45, 2.75) is 18.9 Å².